The number of halogens is 4. The van der Waals surface area contributed by atoms with Crippen LogP contribution in [0.15, 0.2) is 48.5 Å². The molecule has 2 aromatic carbocycles. The summed E-state index contributed by atoms with van der Waals surface area (Å²) in [5, 5.41) is 3.95. The van der Waals surface area contributed by atoms with Gasteiger partial charge in [-0.1, -0.05) is 48.0 Å². The number of nitrogens with one attached hydrogen (secondary N) is 1. The van der Waals surface area contributed by atoms with Crippen LogP contribution in [0.4, 0.5) is 4.39 Å². The molecular weight excluding hydrogens is 382 g/mol. The highest BCUT2D eigenvalue weighted by molar-refractivity contribution is 6.31. The first-order valence-electron chi connectivity index (χ1n) is 8.15. The molecule has 1 aliphatic rings. The van der Waals surface area contributed by atoms with E-state index in [4.69, 9.17) is 11.6 Å². The van der Waals surface area contributed by atoms with Gasteiger partial charge in [0.1, 0.15) is 5.82 Å². The van der Waals surface area contributed by atoms with Crippen LogP contribution >= 0.6 is 36.4 Å². The minimum Gasteiger partial charge on any atom is -0.310 e. The molecule has 0 atom stereocenters. The predicted molar refractivity (Wildman–Crippen MR) is 107 cm³/mol. The smallest absolute Gasteiger partial charge is 0.129 e. The van der Waals surface area contributed by atoms with Crippen molar-refractivity contribution in [1.29, 1.82) is 0 Å². The molecule has 25 heavy (non-hydrogen) atoms. The van der Waals surface area contributed by atoms with Crippen molar-refractivity contribution in [2.45, 2.75) is 32.0 Å². The lowest BCUT2D eigenvalue weighted by Crippen LogP contribution is -2.42. The lowest BCUT2D eigenvalue weighted by molar-refractivity contribution is 0.190. The Bertz CT molecular complexity index is 612. The molecule has 138 valence electrons. The Hall–Kier alpha value is -0.840. The molecule has 0 unspecified atom stereocenters. The standard InChI is InChI=1S/C19H22ClFN2.2ClH/c20-18-7-4-8-19(21)17(18)13-22-16-9-11-23(12-10-16)14-15-5-2-1-3-6-15;;/h1-8,16,22H,9-14H2;2*1H. The van der Waals surface area contributed by atoms with Gasteiger partial charge in [0.2, 0.25) is 0 Å². The maximum atomic E-state index is 13.8. The normalized spacial score (nSPS) is 15.3. The third-order valence-electron chi connectivity index (χ3n) is 4.47. The van der Waals surface area contributed by atoms with Crippen LogP contribution in [0.5, 0.6) is 0 Å². The molecule has 0 saturated carbocycles. The highest BCUT2D eigenvalue weighted by atomic mass is 35.5. The fourth-order valence-corrected chi connectivity index (χ4v) is 3.31. The van der Waals surface area contributed by atoms with Crippen molar-refractivity contribution >= 4 is 36.4 Å². The van der Waals surface area contributed by atoms with Crippen LogP contribution in [0.25, 0.3) is 0 Å². The molecule has 1 fully saturated rings. The molecule has 3 rings (SSSR count). The largest absolute Gasteiger partial charge is 0.310 e. The van der Waals surface area contributed by atoms with Gasteiger partial charge in [-0.15, -0.1) is 24.8 Å². The van der Waals surface area contributed by atoms with Crippen LogP contribution < -0.4 is 5.32 Å². The summed E-state index contributed by atoms with van der Waals surface area (Å²) in [5.41, 5.74) is 1.93. The average Bonchev–Trinajstić information content (AvgIpc) is 2.57. The van der Waals surface area contributed by atoms with Crippen LogP contribution in [0.1, 0.15) is 24.0 Å². The third kappa shape index (κ3) is 6.43. The first-order chi connectivity index (χ1) is 11.2. The summed E-state index contributed by atoms with van der Waals surface area (Å²) >= 11 is 6.07. The Morgan fingerprint density at radius 1 is 1.00 bits per heavy atom. The Balaban J connectivity index is 0.00000156. The minimum absolute atomic E-state index is 0. The number of benzene rings is 2. The summed E-state index contributed by atoms with van der Waals surface area (Å²) in [5.74, 6) is -0.230. The highest BCUT2D eigenvalue weighted by Gasteiger charge is 2.19. The number of hydrogen-bond acceptors (Lipinski definition) is 2. The Kier molecular flexibility index (Phi) is 9.77. The molecule has 2 aromatic rings. The topological polar surface area (TPSA) is 15.3 Å². The Morgan fingerprint density at radius 3 is 2.32 bits per heavy atom. The second-order valence-electron chi connectivity index (χ2n) is 6.12. The zero-order valence-electron chi connectivity index (χ0n) is 14.0. The third-order valence-corrected chi connectivity index (χ3v) is 4.82. The minimum atomic E-state index is -0.230. The van der Waals surface area contributed by atoms with Gasteiger partial charge >= 0.3 is 0 Å². The van der Waals surface area contributed by atoms with Crippen LogP contribution in [0, 0.1) is 5.82 Å². The fraction of sp³-hybridized carbons (Fsp3) is 0.368. The molecule has 0 amide bonds. The number of piperidine rings is 1. The van der Waals surface area contributed by atoms with E-state index in [9.17, 15) is 4.39 Å². The summed E-state index contributed by atoms with van der Waals surface area (Å²) in [6, 6.07) is 15.8. The van der Waals surface area contributed by atoms with Crippen molar-refractivity contribution in [1.82, 2.24) is 10.2 Å². The molecule has 0 aromatic heterocycles. The fourth-order valence-electron chi connectivity index (χ4n) is 3.08. The van der Waals surface area contributed by atoms with Crippen molar-refractivity contribution in [2.24, 2.45) is 0 Å². The van der Waals surface area contributed by atoms with Crippen molar-refractivity contribution in [3.63, 3.8) is 0 Å². The van der Waals surface area contributed by atoms with Crippen molar-refractivity contribution in [2.75, 3.05) is 13.1 Å². The molecule has 0 bridgehead atoms. The van der Waals surface area contributed by atoms with Gasteiger partial charge in [0, 0.05) is 29.7 Å². The molecular formula is C19H24Cl3FN2. The van der Waals surface area contributed by atoms with Gasteiger partial charge in [0.25, 0.3) is 0 Å². The maximum Gasteiger partial charge on any atom is 0.129 e. The Labute approximate surface area is 166 Å². The van der Waals surface area contributed by atoms with E-state index in [0.717, 1.165) is 32.5 Å². The Morgan fingerprint density at radius 2 is 1.68 bits per heavy atom. The van der Waals surface area contributed by atoms with Gasteiger partial charge in [-0.05, 0) is 43.6 Å². The zero-order valence-corrected chi connectivity index (χ0v) is 16.3. The highest BCUT2D eigenvalue weighted by Crippen LogP contribution is 2.20. The molecule has 2 nitrogen and oxygen atoms in total. The van der Waals surface area contributed by atoms with E-state index in [-0.39, 0.29) is 30.6 Å². The second-order valence-corrected chi connectivity index (χ2v) is 6.52. The van der Waals surface area contributed by atoms with E-state index in [0.29, 0.717) is 23.2 Å². The number of nitrogens with zero attached hydrogens (tertiary/aromatic N) is 1. The SMILES string of the molecule is Cl.Cl.Fc1cccc(Cl)c1CNC1CCN(Cc2ccccc2)CC1. The second kappa shape index (κ2) is 11.0. The van der Waals surface area contributed by atoms with E-state index < -0.39 is 0 Å². The van der Waals surface area contributed by atoms with Crippen molar-refractivity contribution in [3.05, 3.63) is 70.5 Å². The molecule has 1 heterocycles. The van der Waals surface area contributed by atoms with Gasteiger partial charge in [-0.2, -0.15) is 0 Å². The van der Waals surface area contributed by atoms with Crippen molar-refractivity contribution < 1.29 is 4.39 Å². The summed E-state index contributed by atoms with van der Waals surface area (Å²) in [6.45, 7) is 3.64. The molecule has 6 heteroatoms. The number of likely N-dealkylation sites (tertiary alicyclic amines) is 1. The van der Waals surface area contributed by atoms with E-state index in [1.54, 1.807) is 12.1 Å². The first kappa shape index (κ1) is 22.2. The molecule has 0 aliphatic carbocycles. The molecule has 1 saturated heterocycles. The van der Waals surface area contributed by atoms with Crippen LogP contribution in [-0.2, 0) is 13.1 Å². The molecule has 0 radical (unpaired) electrons. The summed E-state index contributed by atoms with van der Waals surface area (Å²) in [4.78, 5) is 2.48. The van der Waals surface area contributed by atoms with E-state index >= 15 is 0 Å². The monoisotopic (exact) mass is 404 g/mol. The van der Waals surface area contributed by atoms with Gasteiger partial charge in [0.05, 0.1) is 0 Å². The summed E-state index contributed by atoms with van der Waals surface area (Å²) < 4.78 is 13.8. The van der Waals surface area contributed by atoms with Crippen LogP contribution in [-0.4, -0.2) is 24.0 Å². The van der Waals surface area contributed by atoms with Gasteiger partial charge in [0.15, 0.2) is 0 Å². The molecule has 1 N–H and O–H groups in total. The van der Waals surface area contributed by atoms with E-state index in [2.05, 4.69) is 34.5 Å². The van der Waals surface area contributed by atoms with Gasteiger partial charge in [-0.3, -0.25) is 4.90 Å². The number of rotatable bonds is 5. The molecule has 0 spiro atoms. The average molecular weight is 406 g/mol. The summed E-state index contributed by atoms with van der Waals surface area (Å²) in [6.07, 6.45) is 2.16. The zero-order chi connectivity index (χ0) is 16.1. The van der Waals surface area contributed by atoms with Crippen LogP contribution in [0.2, 0.25) is 5.02 Å². The van der Waals surface area contributed by atoms with Crippen LogP contribution in [0.3, 0.4) is 0 Å². The summed E-state index contributed by atoms with van der Waals surface area (Å²) in [7, 11) is 0. The van der Waals surface area contributed by atoms with Gasteiger partial charge in [-0.25, -0.2) is 4.39 Å². The van der Waals surface area contributed by atoms with E-state index in [1.807, 2.05) is 6.07 Å². The lowest BCUT2D eigenvalue weighted by atomic mass is 10.0. The maximum absolute atomic E-state index is 13.8. The van der Waals surface area contributed by atoms with Crippen molar-refractivity contribution in [3.8, 4) is 0 Å². The lowest BCUT2D eigenvalue weighted by Gasteiger charge is -2.32. The quantitative estimate of drug-likeness (QED) is 0.746. The predicted octanol–water partition coefficient (Wildman–Crippen LogP) is 5.08. The number of hydrogen-bond donors (Lipinski definition) is 1. The first-order valence-corrected chi connectivity index (χ1v) is 8.53. The molecule has 1 aliphatic heterocycles. The van der Waals surface area contributed by atoms with E-state index in [1.165, 1.54) is 11.6 Å². The van der Waals surface area contributed by atoms with Gasteiger partial charge < -0.3 is 5.32 Å².